The third-order valence-electron chi connectivity index (χ3n) is 6.38. The molecule has 0 atom stereocenters. The zero-order valence-electron chi connectivity index (χ0n) is 20.7. The summed E-state index contributed by atoms with van der Waals surface area (Å²) in [4.78, 5) is -0.0741. The van der Waals surface area contributed by atoms with E-state index in [-0.39, 0.29) is 4.90 Å². The first-order valence-electron chi connectivity index (χ1n) is 12.4. The van der Waals surface area contributed by atoms with E-state index in [4.69, 9.17) is 16.2 Å². The zero-order valence-corrected chi connectivity index (χ0v) is 22.3. The quantitative estimate of drug-likeness (QED) is 0.168. The minimum absolute atomic E-state index is 0.0741. The van der Waals surface area contributed by atoms with Crippen molar-refractivity contribution >= 4 is 21.7 Å². The van der Waals surface area contributed by atoms with Gasteiger partial charge >= 0.3 is 0 Å². The lowest BCUT2D eigenvalue weighted by Crippen LogP contribution is -2.49. The predicted octanol–water partition coefficient (Wildman–Crippen LogP) is 7.42. The van der Waals surface area contributed by atoms with E-state index in [0.717, 1.165) is 5.02 Å². The van der Waals surface area contributed by atoms with Gasteiger partial charge in [-0.05, 0) is 75.8 Å². The number of quaternary nitrogens is 1. The maximum atomic E-state index is 10.4. The van der Waals surface area contributed by atoms with Crippen molar-refractivity contribution in [2.45, 2.75) is 77.0 Å². The topological polar surface area (TPSA) is 54.4 Å². The lowest BCUT2D eigenvalue weighted by atomic mass is 10.1. The van der Waals surface area contributed by atoms with Gasteiger partial charge in [0.15, 0.2) is 0 Å². The van der Waals surface area contributed by atoms with Gasteiger partial charge in [0.05, 0.1) is 31.1 Å². The molecular formula is C27H43ClNO3S+. The molecule has 186 valence electrons. The molecule has 0 unspecified atom stereocenters. The summed E-state index contributed by atoms with van der Waals surface area (Å²) >= 11 is 5.95. The van der Waals surface area contributed by atoms with Crippen LogP contribution in [0.3, 0.4) is 0 Å². The molecule has 0 bridgehead atoms. The Kier molecular flexibility index (Phi) is 14.6. The van der Waals surface area contributed by atoms with E-state index in [0.29, 0.717) is 0 Å². The number of benzene rings is 2. The maximum absolute atomic E-state index is 10.4. The van der Waals surface area contributed by atoms with Gasteiger partial charge < -0.3 is 4.48 Å². The number of hydrogen-bond acceptors (Lipinski definition) is 2. The third kappa shape index (κ3) is 12.6. The van der Waals surface area contributed by atoms with Gasteiger partial charge in [-0.15, -0.1) is 0 Å². The molecule has 0 radical (unpaired) electrons. The zero-order chi connectivity index (χ0) is 24.6. The highest BCUT2D eigenvalue weighted by molar-refractivity contribution is 7.85. The molecule has 0 aliphatic heterocycles. The van der Waals surface area contributed by atoms with Gasteiger partial charge in [0.2, 0.25) is 0 Å². The fourth-order valence-electron chi connectivity index (χ4n) is 4.04. The molecule has 33 heavy (non-hydrogen) atoms. The van der Waals surface area contributed by atoms with Crippen molar-refractivity contribution < 1.29 is 17.5 Å². The monoisotopic (exact) mass is 496 g/mol. The predicted molar refractivity (Wildman–Crippen MR) is 140 cm³/mol. The van der Waals surface area contributed by atoms with Gasteiger partial charge in [-0.25, -0.2) is 0 Å². The second kappa shape index (κ2) is 16.3. The van der Waals surface area contributed by atoms with Crippen molar-refractivity contribution in [3.8, 4) is 0 Å². The number of nitrogens with zero attached hydrogens (tertiary/aromatic N) is 1. The van der Waals surface area contributed by atoms with Crippen LogP contribution in [-0.4, -0.2) is 43.6 Å². The fourth-order valence-corrected chi connectivity index (χ4v) is 4.67. The number of unbranched alkanes of at least 4 members (excludes halogenated alkanes) is 5. The van der Waals surface area contributed by atoms with E-state index in [1.807, 2.05) is 12.1 Å². The molecule has 0 amide bonds. The van der Waals surface area contributed by atoms with Gasteiger partial charge in [-0.1, -0.05) is 68.1 Å². The summed E-state index contributed by atoms with van der Waals surface area (Å²) in [5.74, 6) is 0. The van der Waals surface area contributed by atoms with E-state index in [2.05, 4.69) is 32.9 Å². The molecule has 0 aliphatic carbocycles. The number of aryl methyl sites for hydroxylation is 1. The number of rotatable bonds is 14. The normalized spacial score (nSPS) is 11.7. The minimum atomic E-state index is -4.00. The van der Waals surface area contributed by atoms with Crippen LogP contribution in [0.4, 0.5) is 0 Å². The molecule has 1 N–H and O–H groups in total. The Hall–Kier alpha value is -1.40. The van der Waals surface area contributed by atoms with Crippen LogP contribution in [0.25, 0.3) is 0 Å². The van der Waals surface area contributed by atoms with Crippen LogP contribution >= 0.6 is 11.6 Å². The van der Waals surface area contributed by atoms with Crippen LogP contribution in [-0.2, 0) is 16.5 Å². The van der Waals surface area contributed by atoms with Crippen molar-refractivity contribution in [1.82, 2.24) is 0 Å². The average molecular weight is 497 g/mol. The summed E-state index contributed by atoms with van der Waals surface area (Å²) in [7, 11) is -4.00. The number of halogens is 1. The van der Waals surface area contributed by atoms with E-state index >= 15 is 0 Å². The first kappa shape index (κ1) is 29.6. The molecule has 0 saturated heterocycles. The second-order valence-electron chi connectivity index (χ2n) is 8.71. The van der Waals surface area contributed by atoms with Gasteiger partial charge in [-0.2, -0.15) is 8.42 Å². The van der Waals surface area contributed by atoms with Crippen LogP contribution in [0.5, 0.6) is 0 Å². The molecule has 0 aliphatic rings. The third-order valence-corrected chi connectivity index (χ3v) is 7.50. The Morgan fingerprint density at radius 2 is 1.30 bits per heavy atom. The van der Waals surface area contributed by atoms with Crippen molar-refractivity contribution in [3.63, 3.8) is 0 Å². The van der Waals surface area contributed by atoms with E-state index in [1.54, 1.807) is 18.2 Å². The number of hydrogen-bond donors (Lipinski definition) is 1. The largest absolute Gasteiger partial charge is 0.324 e. The van der Waals surface area contributed by atoms with E-state index in [9.17, 15) is 8.42 Å². The van der Waals surface area contributed by atoms with Crippen LogP contribution < -0.4 is 0 Å². The Morgan fingerprint density at radius 3 is 1.79 bits per heavy atom. The molecule has 2 aromatic rings. The Labute approximate surface area is 207 Å². The van der Waals surface area contributed by atoms with Gasteiger partial charge in [-0.3, -0.25) is 4.55 Å². The summed E-state index contributed by atoms with van der Waals surface area (Å²) in [5.41, 5.74) is 1.42. The lowest BCUT2D eigenvalue weighted by Gasteiger charge is -2.37. The van der Waals surface area contributed by atoms with E-state index < -0.39 is 10.1 Å². The molecule has 0 aromatic heterocycles. The maximum Gasteiger partial charge on any atom is 0.294 e. The second-order valence-corrected chi connectivity index (χ2v) is 10.6. The van der Waals surface area contributed by atoms with Gasteiger partial charge in [0.25, 0.3) is 10.1 Å². The Bertz CT molecular complexity index is 851. The summed E-state index contributed by atoms with van der Waals surface area (Å²) in [6.07, 6.45) is 10.8. The van der Waals surface area contributed by atoms with Crippen molar-refractivity contribution in [3.05, 3.63) is 65.2 Å². The highest BCUT2D eigenvalue weighted by Crippen LogP contribution is 2.16. The Balaban J connectivity index is 0.000000451. The SMILES string of the molecule is CCCCCCC[N+](CC)(CC)CCCCc1ccc(Cl)cc1.O=S(=O)(O)c1ccccc1. The molecule has 6 heteroatoms. The summed E-state index contributed by atoms with van der Waals surface area (Å²) in [6.45, 7) is 12.3. The molecule has 4 nitrogen and oxygen atoms in total. The molecule has 0 spiro atoms. The first-order valence-corrected chi connectivity index (χ1v) is 14.2. The summed E-state index contributed by atoms with van der Waals surface area (Å²) in [5, 5.41) is 0.837. The first-order chi connectivity index (χ1) is 15.8. The van der Waals surface area contributed by atoms with Crippen LogP contribution in [0.15, 0.2) is 59.5 Å². The summed E-state index contributed by atoms with van der Waals surface area (Å²) < 4.78 is 30.6. The Morgan fingerprint density at radius 1 is 0.758 bits per heavy atom. The van der Waals surface area contributed by atoms with Crippen molar-refractivity contribution in [2.75, 3.05) is 26.2 Å². The average Bonchev–Trinajstić information content (AvgIpc) is 2.82. The minimum Gasteiger partial charge on any atom is -0.324 e. The van der Waals surface area contributed by atoms with Crippen molar-refractivity contribution in [2.24, 2.45) is 0 Å². The highest BCUT2D eigenvalue weighted by atomic mass is 35.5. The van der Waals surface area contributed by atoms with Crippen LogP contribution in [0.2, 0.25) is 5.02 Å². The summed E-state index contributed by atoms with van der Waals surface area (Å²) in [6, 6.07) is 15.8. The highest BCUT2D eigenvalue weighted by Gasteiger charge is 2.21. The van der Waals surface area contributed by atoms with E-state index in [1.165, 1.54) is 99.7 Å². The smallest absolute Gasteiger partial charge is 0.294 e. The molecule has 2 aromatic carbocycles. The molecule has 0 fully saturated rings. The molecular weight excluding hydrogens is 454 g/mol. The fraction of sp³-hybridized carbons (Fsp3) is 0.556. The van der Waals surface area contributed by atoms with Gasteiger partial charge in [0.1, 0.15) is 0 Å². The van der Waals surface area contributed by atoms with Crippen LogP contribution in [0, 0.1) is 0 Å². The van der Waals surface area contributed by atoms with Gasteiger partial charge in [0, 0.05) is 5.02 Å². The molecule has 0 heterocycles. The molecule has 0 saturated carbocycles. The van der Waals surface area contributed by atoms with Crippen LogP contribution in [0.1, 0.15) is 71.3 Å². The lowest BCUT2D eigenvalue weighted by molar-refractivity contribution is -0.925. The van der Waals surface area contributed by atoms with Crippen molar-refractivity contribution in [1.29, 1.82) is 0 Å². The molecule has 2 rings (SSSR count). The standard InChI is InChI=1S/C21H37ClN.C6H6O3S/c1-4-7-8-9-11-18-23(5-2,6-3)19-12-10-13-20-14-16-21(22)17-15-20;7-10(8,9)6-4-2-1-3-5-6/h14-17H,4-13,18-19H2,1-3H3;1-5H,(H,7,8,9)/q+1;.